The molecule has 3 heterocycles. The summed E-state index contributed by atoms with van der Waals surface area (Å²) in [5.41, 5.74) is 6.11. The molecule has 0 saturated heterocycles. The van der Waals surface area contributed by atoms with Gasteiger partial charge in [-0.1, -0.05) is 13.8 Å². The third-order valence-electron chi connectivity index (χ3n) is 5.88. The summed E-state index contributed by atoms with van der Waals surface area (Å²) in [5.74, 6) is 0.443. The lowest BCUT2D eigenvalue weighted by Gasteiger charge is -2.24. The van der Waals surface area contributed by atoms with Crippen molar-refractivity contribution in [3.63, 3.8) is 0 Å². The molecule has 1 amide bonds. The molecule has 0 spiro atoms. The van der Waals surface area contributed by atoms with Crippen molar-refractivity contribution in [2.24, 2.45) is 0 Å². The Bertz CT molecular complexity index is 1170. The van der Waals surface area contributed by atoms with Crippen LogP contribution in [0, 0.1) is 18.3 Å². The highest BCUT2D eigenvalue weighted by atomic mass is 16.1. The monoisotopic (exact) mass is 427 g/mol. The van der Waals surface area contributed by atoms with Crippen LogP contribution in [0.4, 0.5) is 0 Å². The summed E-state index contributed by atoms with van der Waals surface area (Å²) in [6, 6.07) is 13.5. The zero-order valence-electron chi connectivity index (χ0n) is 18.9. The molecular formula is C26H29N5O. The van der Waals surface area contributed by atoms with Gasteiger partial charge in [0.25, 0.3) is 5.91 Å². The highest BCUT2D eigenvalue weighted by Crippen LogP contribution is 2.40. The summed E-state index contributed by atoms with van der Waals surface area (Å²) in [6.45, 7) is 6.75. The van der Waals surface area contributed by atoms with Gasteiger partial charge in [-0.3, -0.25) is 14.5 Å². The zero-order valence-corrected chi connectivity index (χ0v) is 18.9. The van der Waals surface area contributed by atoms with E-state index < -0.39 is 0 Å². The van der Waals surface area contributed by atoms with Gasteiger partial charge < -0.3 is 5.32 Å². The molecule has 1 N–H and O–H groups in total. The van der Waals surface area contributed by atoms with E-state index in [1.54, 1.807) is 12.1 Å². The molecule has 1 atom stereocenters. The van der Waals surface area contributed by atoms with Crippen LogP contribution in [0.5, 0.6) is 0 Å². The van der Waals surface area contributed by atoms with Gasteiger partial charge in [0.05, 0.1) is 29.1 Å². The maximum absolute atomic E-state index is 12.9. The van der Waals surface area contributed by atoms with Crippen LogP contribution in [0.25, 0.3) is 11.3 Å². The fourth-order valence-corrected chi connectivity index (χ4v) is 4.20. The van der Waals surface area contributed by atoms with Crippen LogP contribution >= 0.6 is 0 Å². The van der Waals surface area contributed by atoms with Gasteiger partial charge in [0.2, 0.25) is 0 Å². The number of benzene rings is 1. The molecule has 6 nitrogen and oxygen atoms in total. The highest BCUT2D eigenvalue weighted by molar-refractivity contribution is 5.95. The SMILES string of the molecule is CC.Cc1cc(C#N)cc(C(=O)NC2CCCn3nc(-c4ccnc(C5CC5)c4)cc32)c1. The summed E-state index contributed by atoms with van der Waals surface area (Å²) >= 11 is 0. The second-order valence-electron chi connectivity index (χ2n) is 8.29. The predicted molar refractivity (Wildman–Crippen MR) is 124 cm³/mol. The molecule has 1 fully saturated rings. The molecule has 2 aliphatic rings. The molecule has 1 aliphatic heterocycles. The minimum absolute atomic E-state index is 0.0942. The largest absolute Gasteiger partial charge is 0.344 e. The summed E-state index contributed by atoms with van der Waals surface area (Å²) in [7, 11) is 0. The van der Waals surface area contributed by atoms with E-state index >= 15 is 0 Å². The van der Waals surface area contributed by atoms with Gasteiger partial charge in [-0.05, 0) is 74.6 Å². The fraction of sp³-hybridized carbons (Fsp3) is 0.385. The van der Waals surface area contributed by atoms with E-state index in [4.69, 9.17) is 5.10 Å². The van der Waals surface area contributed by atoms with Gasteiger partial charge in [0.15, 0.2) is 0 Å². The summed E-state index contributed by atoms with van der Waals surface area (Å²) in [5, 5.41) is 17.2. The van der Waals surface area contributed by atoms with Crippen molar-refractivity contribution in [1.82, 2.24) is 20.1 Å². The van der Waals surface area contributed by atoms with Gasteiger partial charge in [0.1, 0.15) is 0 Å². The number of nitriles is 1. The number of fused-ring (bicyclic) bond motifs is 1. The normalized spacial score (nSPS) is 16.9. The predicted octanol–water partition coefficient (Wildman–Crippen LogP) is 5.29. The van der Waals surface area contributed by atoms with Crippen molar-refractivity contribution >= 4 is 5.91 Å². The topological polar surface area (TPSA) is 83.6 Å². The van der Waals surface area contributed by atoms with Crippen LogP contribution in [-0.4, -0.2) is 20.7 Å². The van der Waals surface area contributed by atoms with Crippen molar-refractivity contribution < 1.29 is 4.79 Å². The van der Waals surface area contributed by atoms with E-state index in [2.05, 4.69) is 28.5 Å². The maximum atomic E-state index is 12.9. The van der Waals surface area contributed by atoms with E-state index in [-0.39, 0.29) is 11.9 Å². The Morgan fingerprint density at radius 2 is 1.97 bits per heavy atom. The van der Waals surface area contributed by atoms with Crippen molar-refractivity contribution in [2.45, 2.75) is 65.0 Å². The van der Waals surface area contributed by atoms with Gasteiger partial charge in [-0.2, -0.15) is 10.4 Å². The van der Waals surface area contributed by atoms with Gasteiger partial charge in [-0.15, -0.1) is 0 Å². The molecule has 3 aromatic rings. The zero-order chi connectivity index (χ0) is 22.7. The first kappa shape index (κ1) is 21.8. The first-order valence-corrected chi connectivity index (χ1v) is 11.5. The highest BCUT2D eigenvalue weighted by Gasteiger charge is 2.27. The van der Waals surface area contributed by atoms with Crippen LogP contribution in [0.2, 0.25) is 0 Å². The number of nitrogens with zero attached hydrogens (tertiary/aromatic N) is 4. The Morgan fingerprint density at radius 1 is 1.16 bits per heavy atom. The first-order valence-electron chi connectivity index (χ1n) is 11.5. The molecule has 32 heavy (non-hydrogen) atoms. The molecule has 2 aromatic heterocycles. The third-order valence-corrected chi connectivity index (χ3v) is 5.88. The lowest BCUT2D eigenvalue weighted by molar-refractivity contribution is 0.0928. The Morgan fingerprint density at radius 3 is 2.72 bits per heavy atom. The molecular weight excluding hydrogens is 398 g/mol. The minimum atomic E-state index is -0.156. The lowest BCUT2D eigenvalue weighted by atomic mass is 10.0. The number of hydrogen-bond donors (Lipinski definition) is 1. The van der Waals surface area contributed by atoms with Crippen LogP contribution in [0.3, 0.4) is 0 Å². The number of nitrogens with one attached hydrogen (secondary N) is 1. The third kappa shape index (κ3) is 4.57. The van der Waals surface area contributed by atoms with Gasteiger partial charge >= 0.3 is 0 Å². The molecule has 164 valence electrons. The fourth-order valence-electron chi connectivity index (χ4n) is 4.20. The lowest BCUT2D eigenvalue weighted by Crippen LogP contribution is -2.32. The van der Waals surface area contributed by atoms with Crippen LogP contribution in [0.1, 0.15) is 84.4 Å². The number of amides is 1. The number of carbonyl (C=O) groups is 1. The smallest absolute Gasteiger partial charge is 0.251 e. The average molecular weight is 428 g/mol. The Hall–Kier alpha value is -3.46. The quantitative estimate of drug-likeness (QED) is 0.613. The Labute approximate surface area is 189 Å². The molecule has 1 unspecified atom stereocenters. The molecule has 1 aliphatic carbocycles. The number of rotatable bonds is 4. The van der Waals surface area contributed by atoms with E-state index in [0.29, 0.717) is 17.0 Å². The second-order valence-corrected chi connectivity index (χ2v) is 8.29. The average Bonchev–Trinajstić information content (AvgIpc) is 3.58. The molecule has 1 aromatic carbocycles. The number of aryl methyl sites for hydroxylation is 2. The number of aromatic nitrogens is 3. The Kier molecular flexibility index (Phi) is 6.36. The number of hydrogen-bond acceptors (Lipinski definition) is 4. The molecule has 1 saturated carbocycles. The summed E-state index contributed by atoms with van der Waals surface area (Å²) in [6.07, 6.45) is 6.13. The van der Waals surface area contributed by atoms with Crippen molar-refractivity contribution in [1.29, 1.82) is 5.26 Å². The van der Waals surface area contributed by atoms with Gasteiger partial charge in [0, 0.05) is 35.5 Å². The standard InChI is InChI=1S/C24H23N5O.C2H6/c1-15-9-16(14-25)11-19(10-15)24(30)27-20-3-2-8-29-23(20)13-22(28-29)18-6-7-26-21(12-18)17-4-5-17;1-2/h6-7,9-13,17,20H,2-5,8H2,1H3,(H,27,30);1-2H3. The molecule has 6 heteroatoms. The first-order chi connectivity index (χ1) is 15.6. The second kappa shape index (κ2) is 9.35. The number of pyridine rings is 1. The number of carbonyl (C=O) groups excluding carboxylic acids is 1. The minimum Gasteiger partial charge on any atom is -0.344 e. The van der Waals surface area contributed by atoms with Crippen LogP contribution < -0.4 is 5.32 Å². The van der Waals surface area contributed by atoms with E-state index in [1.165, 1.54) is 12.8 Å². The molecule has 5 rings (SSSR count). The van der Waals surface area contributed by atoms with E-state index in [9.17, 15) is 10.1 Å². The maximum Gasteiger partial charge on any atom is 0.251 e. The van der Waals surface area contributed by atoms with Crippen molar-refractivity contribution in [3.8, 4) is 17.3 Å². The van der Waals surface area contributed by atoms with Crippen molar-refractivity contribution in [2.75, 3.05) is 0 Å². The van der Waals surface area contributed by atoms with Crippen molar-refractivity contribution in [3.05, 3.63) is 70.7 Å². The Balaban J connectivity index is 0.00000119. The summed E-state index contributed by atoms with van der Waals surface area (Å²) in [4.78, 5) is 17.4. The summed E-state index contributed by atoms with van der Waals surface area (Å²) < 4.78 is 2.01. The van der Waals surface area contributed by atoms with Crippen LogP contribution in [0.15, 0.2) is 42.6 Å². The molecule has 0 bridgehead atoms. The molecule has 0 radical (unpaired) electrons. The van der Waals surface area contributed by atoms with E-state index in [1.807, 2.05) is 43.8 Å². The van der Waals surface area contributed by atoms with Gasteiger partial charge in [-0.25, -0.2) is 0 Å². The van der Waals surface area contributed by atoms with Crippen LogP contribution in [-0.2, 0) is 6.54 Å². The van der Waals surface area contributed by atoms with E-state index in [0.717, 1.165) is 47.6 Å².